The molecule has 28 nitrogen and oxygen atoms in total. The van der Waals surface area contributed by atoms with Crippen molar-refractivity contribution in [3.05, 3.63) is 12.2 Å². The van der Waals surface area contributed by atoms with Gasteiger partial charge in [0, 0.05) is 5.92 Å². The molecule has 17 N–H and O–H groups in total. The van der Waals surface area contributed by atoms with E-state index in [1.165, 1.54) is 0 Å². The van der Waals surface area contributed by atoms with Gasteiger partial charge in [-0.15, -0.1) is 0 Å². The molecule has 5 aliphatic heterocycles. The smallest absolute Gasteiger partial charge is 0.314 e. The van der Waals surface area contributed by atoms with Crippen LogP contribution < -0.4 is 0 Å². The van der Waals surface area contributed by atoms with Gasteiger partial charge >= 0.3 is 5.97 Å². The minimum Gasteiger partial charge on any atom is -0.432 e. The summed E-state index contributed by atoms with van der Waals surface area (Å²) >= 11 is 0. The van der Waals surface area contributed by atoms with Crippen molar-refractivity contribution in [2.45, 2.75) is 224 Å². The van der Waals surface area contributed by atoms with Gasteiger partial charge in [0.05, 0.1) is 76.1 Å². The van der Waals surface area contributed by atoms with Crippen LogP contribution in [0.4, 0.5) is 0 Å². The molecule has 28 heteroatoms. The van der Waals surface area contributed by atoms with Crippen molar-refractivity contribution in [1.82, 2.24) is 0 Å². The third-order valence-corrected chi connectivity index (χ3v) is 20.2. The Morgan fingerprint density at radius 2 is 0.988 bits per heavy atom. The number of aliphatic hydroxyl groups excluding tert-OH is 17. The third-order valence-electron chi connectivity index (χ3n) is 20.2. The number of carbonyl (C=O) groups is 1. The van der Waals surface area contributed by atoms with E-state index in [9.17, 15) is 91.6 Å². The molecule has 0 aromatic heterocycles. The van der Waals surface area contributed by atoms with Crippen LogP contribution >= 0.6 is 0 Å². The lowest BCUT2D eigenvalue weighted by Crippen LogP contribution is -2.65. The first kappa shape index (κ1) is 63.7. The quantitative estimate of drug-likeness (QED) is 0.0448. The number of fused-ring (bicyclic) bond motifs is 3. The zero-order chi connectivity index (χ0) is 58.8. The Labute approximate surface area is 467 Å². The van der Waals surface area contributed by atoms with E-state index in [-0.39, 0.29) is 23.9 Å². The largest absolute Gasteiger partial charge is 0.432 e. The van der Waals surface area contributed by atoms with Gasteiger partial charge < -0.3 is 134 Å². The Balaban J connectivity index is 0.919. The lowest BCUT2D eigenvalue weighted by molar-refractivity contribution is -0.363. The lowest BCUT2D eigenvalue weighted by atomic mass is 9.41. The number of hydrogen-bond donors (Lipinski definition) is 17. The fourth-order valence-electron chi connectivity index (χ4n) is 15.7. The van der Waals surface area contributed by atoms with Crippen LogP contribution in [0, 0.1) is 34.0 Å². The monoisotopic (exact) mass is 1170 g/mol. The maximum Gasteiger partial charge on any atom is 0.314 e. The second-order valence-electron chi connectivity index (χ2n) is 24.7. The first-order valence-electron chi connectivity index (χ1n) is 28.3. The summed E-state index contributed by atoms with van der Waals surface area (Å²) in [6, 6.07) is 0. The fourth-order valence-corrected chi connectivity index (χ4v) is 15.7. The Bertz CT molecular complexity index is 2130. The molecule has 0 aromatic carbocycles. The number of carbonyl (C=O) groups excluding carboxylic acids is 1. The van der Waals surface area contributed by atoms with Crippen LogP contribution in [0.15, 0.2) is 12.2 Å². The third kappa shape index (κ3) is 11.4. The highest BCUT2D eigenvalue weighted by Gasteiger charge is 2.69. The van der Waals surface area contributed by atoms with Crippen molar-refractivity contribution in [2.75, 3.05) is 52.9 Å². The van der Waals surface area contributed by atoms with E-state index >= 15 is 0 Å². The minimum absolute atomic E-state index is 0.0310. The van der Waals surface area contributed by atoms with Gasteiger partial charge in [0.25, 0.3) is 0 Å². The highest BCUT2D eigenvalue weighted by Crippen LogP contribution is 2.73. The topological polar surface area (TPSA) is 453 Å². The number of rotatable bonds is 18. The molecule has 0 aromatic rings. The molecule has 4 aliphatic carbocycles. The summed E-state index contributed by atoms with van der Waals surface area (Å²) in [5.41, 5.74) is -2.10. The highest BCUT2D eigenvalue weighted by molar-refractivity contribution is 5.77. The standard InChI is InChI=1S/C53H86O28/c1-21-11-52-9-5-30-50(2,7-4-8-51(30,3)49(71)81-48-45(41(68)36(63)27(16-58)78-48)80-47-43(70)40(67)35(62)26(15-57)77-47)31(52)6-10-53(21,20-52)73-19-29-44(79-46-42(69)39(66)34(61)25(14-56)76-46)22(32(59)23(12-54)75-29)17-72-18-28-37(64)38(65)33(60)24(13-55)74-28/h22-48,54-70H,1,4-20H2,2-3H3/t22-,23?,24?,25?,26?,27?,28+,29+,30?,31+,32+,33-,34-,35-,36-,37?,38-,39-,40-,41-,42?,43?,44?,45?,46+,47+,48+,50-,51-,52-,53+/m1/s1. The molecule has 9 fully saturated rings. The number of hydrogen-bond acceptors (Lipinski definition) is 28. The number of esters is 1. The van der Waals surface area contributed by atoms with Crippen molar-refractivity contribution in [3.8, 4) is 0 Å². The molecule has 466 valence electrons. The van der Waals surface area contributed by atoms with Crippen LogP contribution in [0.25, 0.3) is 0 Å². The molecule has 9 rings (SSSR count). The summed E-state index contributed by atoms with van der Waals surface area (Å²) in [7, 11) is 0. The summed E-state index contributed by atoms with van der Waals surface area (Å²) < 4.78 is 60.3. The maximum atomic E-state index is 14.9. The van der Waals surface area contributed by atoms with E-state index in [1.807, 2.05) is 6.92 Å². The van der Waals surface area contributed by atoms with E-state index in [2.05, 4.69) is 13.5 Å². The molecular weight excluding hydrogens is 1080 g/mol. The van der Waals surface area contributed by atoms with Gasteiger partial charge in [-0.05, 0) is 86.5 Å². The van der Waals surface area contributed by atoms with Crippen molar-refractivity contribution >= 4 is 5.97 Å². The Hall–Kier alpha value is -1.83. The predicted octanol–water partition coefficient (Wildman–Crippen LogP) is -6.96. The van der Waals surface area contributed by atoms with Crippen LogP contribution in [0.1, 0.15) is 71.6 Å². The normalized spacial score (nSPS) is 52.9. The average Bonchev–Trinajstić information content (AvgIpc) is 3.97. The van der Waals surface area contributed by atoms with Gasteiger partial charge in [-0.2, -0.15) is 0 Å². The van der Waals surface area contributed by atoms with E-state index in [4.69, 9.17) is 47.4 Å². The molecule has 1 spiro atoms. The summed E-state index contributed by atoms with van der Waals surface area (Å²) in [6.07, 6.45) is -33.5. The van der Waals surface area contributed by atoms with E-state index < -0.39 is 222 Å². The fraction of sp³-hybridized carbons (Fsp3) is 0.943. The lowest BCUT2D eigenvalue weighted by Gasteiger charge is -2.64. The molecular formula is C53H86O28. The van der Waals surface area contributed by atoms with Gasteiger partial charge in [-0.25, -0.2) is 0 Å². The molecule has 5 saturated heterocycles. The molecule has 4 saturated carbocycles. The SMILES string of the molecule is C=C1C[C@@]23CCC4[C@](C)(C(=O)O[C@@H]5OC(CO)[C@@H](O)[C@@H](O)C5O[C@@H]5OC(CO)[C@@H](O)[C@@H](O)C5O)CCC[C@@]4(C)[C@@H]2CC[C@]1(OC[C@@H]1OC(CO)[C@@H](O)[C@@H](COC[C@@H]2OC(CO)[C@@H](O)[C@@H](O)C2O)C1O[C@@H]1OC(CO)[C@@H](O)[C@@H](O)C1O)C3. The molecule has 81 heavy (non-hydrogen) atoms. The second kappa shape index (κ2) is 25.1. The maximum absolute atomic E-state index is 14.9. The highest BCUT2D eigenvalue weighted by atomic mass is 16.8. The second-order valence-corrected chi connectivity index (χ2v) is 24.7. The van der Waals surface area contributed by atoms with Crippen molar-refractivity contribution in [2.24, 2.45) is 34.0 Å². The molecule has 9 aliphatic rings. The van der Waals surface area contributed by atoms with Crippen LogP contribution in [-0.4, -0.2) is 298 Å². The van der Waals surface area contributed by atoms with Gasteiger partial charge in [-0.1, -0.05) is 19.9 Å². The van der Waals surface area contributed by atoms with E-state index in [1.54, 1.807) is 0 Å². The molecule has 31 atom stereocenters. The molecule has 0 radical (unpaired) electrons. The Morgan fingerprint density at radius 3 is 1.57 bits per heavy atom. The molecule has 2 bridgehead atoms. The van der Waals surface area contributed by atoms with Crippen LogP contribution in [-0.2, 0) is 52.2 Å². The van der Waals surface area contributed by atoms with E-state index in [0.29, 0.717) is 51.4 Å². The van der Waals surface area contributed by atoms with Crippen molar-refractivity contribution in [3.63, 3.8) is 0 Å². The summed E-state index contributed by atoms with van der Waals surface area (Å²) in [5.74, 6) is -2.10. The van der Waals surface area contributed by atoms with Crippen molar-refractivity contribution in [1.29, 1.82) is 0 Å². The summed E-state index contributed by atoms with van der Waals surface area (Å²) in [5, 5.41) is 180. The van der Waals surface area contributed by atoms with Gasteiger partial charge in [-0.3, -0.25) is 4.79 Å². The number of ether oxygens (including phenoxy) is 10. The van der Waals surface area contributed by atoms with Crippen LogP contribution in [0.5, 0.6) is 0 Å². The zero-order valence-corrected chi connectivity index (χ0v) is 45.4. The van der Waals surface area contributed by atoms with Gasteiger partial charge in [0.15, 0.2) is 18.7 Å². The average molecular weight is 1170 g/mol. The van der Waals surface area contributed by atoms with Crippen molar-refractivity contribution < 1.29 is 139 Å². The Morgan fingerprint density at radius 1 is 0.506 bits per heavy atom. The number of aliphatic hydroxyl groups is 17. The van der Waals surface area contributed by atoms with Gasteiger partial charge in [0.1, 0.15) is 110 Å². The van der Waals surface area contributed by atoms with Crippen LogP contribution in [0.2, 0.25) is 0 Å². The zero-order valence-electron chi connectivity index (χ0n) is 45.4. The first-order valence-corrected chi connectivity index (χ1v) is 28.3. The summed E-state index contributed by atoms with van der Waals surface area (Å²) in [4.78, 5) is 14.9. The Kier molecular flexibility index (Phi) is 19.7. The molecule has 5 heterocycles. The first-order chi connectivity index (χ1) is 38.4. The predicted molar refractivity (Wildman–Crippen MR) is 266 cm³/mol. The molecule has 11 unspecified atom stereocenters. The summed E-state index contributed by atoms with van der Waals surface area (Å²) in [6.45, 7) is 3.72. The van der Waals surface area contributed by atoms with Gasteiger partial charge in [0.2, 0.25) is 6.29 Å². The minimum atomic E-state index is -1.92. The van der Waals surface area contributed by atoms with Crippen LogP contribution in [0.3, 0.4) is 0 Å². The molecule has 0 amide bonds. The van der Waals surface area contributed by atoms with E-state index in [0.717, 1.165) is 12.0 Å².